The fourth-order valence-corrected chi connectivity index (χ4v) is 2.20. The Kier molecular flexibility index (Phi) is 5.80. The summed E-state index contributed by atoms with van der Waals surface area (Å²) in [7, 11) is -2.48. The molecule has 1 heterocycles. The molecule has 0 fully saturated rings. The van der Waals surface area contributed by atoms with Crippen LogP contribution in [0.3, 0.4) is 0 Å². The average Bonchev–Trinajstić information content (AvgIpc) is 3.02. The highest BCUT2D eigenvalue weighted by atomic mass is 35.5. The lowest BCUT2D eigenvalue weighted by atomic mass is 10.3. The molecule has 0 aliphatic heterocycles. The monoisotopic (exact) mass is 378 g/mol. The lowest BCUT2D eigenvalue weighted by Crippen LogP contribution is -2.34. The van der Waals surface area contributed by atoms with E-state index in [0.717, 1.165) is 6.07 Å². The summed E-state index contributed by atoms with van der Waals surface area (Å²) in [5.41, 5.74) is 2.02. The zero-order valence-electron chi connectivity index (χ0n) is 12.1. The van der Waals surface area contributed by atoms with Gasteiger partial charge in [0.15, 0.2) is 11.5 Å². The number of rotatable bonds is 6. The van der Waals surface area contributed by atoms with E-state index in [-0.39, 0.29) is 34.5 Å². The van der Waals surface area contributed by atoms with Crippen molar-refractivity contribution >= 4 is 33.3 Å². The Morgan fingerprint density at radius 2 is 2.21 bits per heavy atom. The first-order chi connectivity index (χ1) is 11.4. The number of nitrogens with one attached hydrogen (secondary N) is 3. The highest BCUT2D eigenvalue weighted by Crippen LogP contribution is 2.22. The highest BCUT2D eigenvalue weighted by molar-refractivity contribution is 7.87. The molecular weight excluding hydrogens is 367 g/mol. The smallest absolute Gasteiger partial charge is 0.277 e. The van der Waals surface area contributed by atoms with Crippen molar-refractivity contribution in [3.05, 3.63) is 40.4 Å². The SMILES string of the molecule is CNS(=O)(=O)NCc1nonc1C(=Nc1ccc(F)c(Cl)c1)NO. The molecule has 10 nitrogen and oxygen atoms in total. The molecule has 0 aliphatic carbocycles. The van der Waals surface area contributed by atoms with Crippen molar-refractivity contribution < 1.29 is 22.6 Å². The van der Waals surface area contributed by atoms with Gasteiger partial charge < -0.3 is 0 Å². The van der Waals surface area contributed by atoms with Crippen LogP contribution in [-0.4, -0.2) is 36.8 Å². The van der Waals surface area contributed by atoms with Gasteiger partial charge in [-0.15, -0.1) is 0 Å². The Bertz CT molecular complexity index is 856. The van der Waals surface area contributed by atoms with Crippen LogP contribution < -0.4 is 14.9 Å². The van der Waals surface area contributed by atoms with Crippen molar-refractivity contribution in [1.82, 2.24) is 25.2 Å². The normalized spacial score (nSPS) is 12.4. The fourth-order valence-electron chi connectivity index (χ4n) is 1.55. The lowest BCUT2D eigenvalue weighted by molar-refractivity contribution is 0.234. The van der Waals surface area contributed by atoms with Crippen molar-refractivity contribution in [3.63, 3.8) is 0 Å². The van der Waals surface area contributed by atoms with Gasteiger partial charge in [0.2, 0.25) is 0 Å². The predicted molar refractivity (Wildman–Crippen MR) is 81.6 cm³/mol. The number of aliphatic imine (C=N–C) groups is 1. The number of nitrogens with zero attached hydrogens (tertiary/aromatic N) is 3. The quantitative estimate of drug-likeness (QED) is 0.325. The second-order valence-electron chi connectivity index (χ2n) is 4.26. The Morgan fingerprint density at radius 3 is 2.83 bits per heavy atom. The van der Waals surface area contributed by atoms with Gasteiger partial charge in [-0.2, -0.15) is 13.1 Å². The van der Waals surface area contributed by atoms with Crippen LogP contribution in [0.4, 0.5) is 10.1 Å². The molecule has 0 amide bonds. The van der Waals surface area contributed by atoms with E-state index in [0.29, 0.717) is 0 Å². The molecule has 2 rings (SSSR count). The topological polar surface area (TPSA) is 142 Å². The molecule has 0 aliphatic rings. The van der Waals surface area contributed by atoms with Gasteiger partial charge in [-0.3, -0.25) is 10.7 Å². The van der Waals surface area contributed by atoms with Crippen molar-refractivity contribution in [2.24, 2.45) is 4.99 Å². The number of benzene rings is 1. The summed E-state index contributed by atoms with van der Waals surface area (Å²) in [5.74, 6) is -0.822. The van der Waals surface area contributed by atoms with Gasteiger partial charge in [0, 0.05) is 7.05 Å². The van der Waals surface area contributed by atoms with Gasteiger partial charge >= 0.3 is 0 Å². The molecule has 24 heavy (non-hydrogen) atoms. The van der Waals surface area contributed by atoms with E-state index in [4.69, 9.17) is 11.6 Å². The largest absolute Gasteiger partial charge is 0.290 e. The van der Waals surface area contributed by atoms with Crippen LogP contribution in [-0.2, 0) is 16.8 Å². The van der Waals surface area contributed by atoms with Crippen molar-refractivity contribution in [1.29, 1.82) is 0 Å². The van der Waals surface area contributed by atoms with Crippen LogP contribution in [0.2, 0.25) is 5.02 Å². The second kappa shape index (κ2) is 7.63. The van der Waals surface area contributed by atoms with Crippen LogP contribution in [0.15, 0.2) is 27.8 Å². The van der Waals surface area contributed by atoms with Crippen LogP contribution in [0.1, 0.15) is 11.4 Å². The summed E-state index contributed by atoms with van der Waals surface area (Å²) >= 11 is 5.66. The van der Waals surface area contributed by atoms with E-state index in [1.807, 2.05) is 0 Å². The van der Waals surface area contributed by atoms with E-state index in [2.05, 4.69) is 29.4 Å². The standard InChI is InChI=1S/C11H12ClFN6O4S/c1-14-24(21,22)15-5-9-10(19-23-18-9)11(17-20)16-6-2-3-8(13)7(12)4-6/h2-4,14-15,20H,5H2,1H3,(H,16,17). The molecule has 1 aromatic heterocycles. The molecule has 1 aromatic carbocycles. The van der Waals surface area contributed by atoms with Crippen molar-refractivity contribution in [2.75, 3.05) is 7.05 Å². The lowest BCUT2D eigenvalue weighted by Gasteiger charge is -2.05. The molecule has 2 aromatic rings. The van der Waals surface area contributed by atoms with Gasteiger partial charge in [-0.05, 0) is 23.4 Å². The van der Waals surface area contributed by atoms with Gasteiger partial charge in [0.05, 0.1) is 17.3 Å². The highest BCUT2D eigenvalue weighted by Gasteiger charge is 2.18. The Balaban J connectivity index is 2.29. The van der Waals surface area contributed by atoms with E-state index in [1.54, 1.807) is 5.48 Å². The van der Waals surface area contributed by atoms with E-state index < -0.39 is 16.0 Å². The van der Waals surface area contributed by atoms with Crippen molar-refractivity contribution in [3.8, 4) is 0 Å². The summed E-state index contributed by atoms with van der Waals surface area (Å²) in [5, 5.41) is 16.2. The summed E-state index contributed by atoms with van der Waals surface area (Å²) in [4.78, 5) is 4.00. The molecule has 0 saturated carbocycles. The Hall–Kier alpha value is -2.12. The number of halogens is 2. The number of hydroxylamine groups is 1. The second-order valence-corrected chi connectivity index (χ2v) is 6.37. The number of amidine groups is 1. The van der Waals surface area contributed by atoms with E-state index >= 15 is 0 Å². The van der Waals surface area contributed by atoms with Crippen LogP contribution in [0.5, 0.6) is 0 Å². The first-order valence-corrected chi connectivity index (χ1v) is 8.16. The van der Waals surface area contributed by atoms with Gasteiger partial charge in [0.1, 0.15) is 11.5 Å². The van der Waals surface area contributed by atoms with Crippen LogP contribution >= 0.6 is 11.6 Å². The maximum absolute atomic E-state index is 13.1. The minimum Gasteiger partial charge on any atom is -0.290 e. The van der Waals surface area contributed by atoms with Crippen LogP contribution in [0, 0.1) is 5.82 Å². The first-order valence-electron chi connectivity index (χ1n) is 6.30. The minimum absolute atomic E-state index is 0.0447. The van der Waals surface area contributed by atoms with Gasteiger partial charge in [-0.25, -0.2) is 18.7 Å². The van der Waals surface area contributed by atoms with Crippen LogP contribution in [0.25, 0.3) is 0 Å². The zero-order valence-corrected chi connectivity index (χ0v) is 13.7. The number of hydrogen-bond donors (Lipinski definition) is 4. The maximum atomic E-state index is 13.1. The van der Waals surface area contributed by atoms with Crippen molar-refractivity contribution in [2.45, 2.75) is 6.54 Å². The molecule has 4 N–H and O–H groups in total. The fraction of sp³-hybridized carbons (Fsp3) is 0.182. The third-order valence-corrected chi connectivity index (χ3v) is 4.08. The molecular formula is C11H12ClFN6O4S. The summed E-state index contributed by atoms with van der Waals surface area (Å²) in [6.07, 6.45) is 0. The van der Waals surface area contributed by atoms with E-state index in [9.17, 15) is 18.0 Å². The number of hydrogen-bond acceptors (Lipinski definition) is 7. The summed E-state index contributed by atoms with van der Waals surface area (Å²) in [6.45, 7) is -0.271. The maximum Gasteiger partial charge on any atom is 0.277 e. The predicted octanol–water partition coefficient (Wildman–Crippen LogP) is 0.473. The molecule has 0 saturated heterocycles. The van der Waals surface area contributed by atoms with Gasteiger partial charge in [-0.1, -0.05) is 16.8 Å². The zero-order chi connectivity index (χ0) is 17.7. The third kappa shape index (κ3) is 4.46. The molecule has 0 radical (unpaired) electrons. The molecule has 0 unspecified atom stereocenters. The molecule has 130 valence electrons. The summed E-state index contributed by atoms with van der Waals surface area (Å²) in [6, 6.07) is 3.64. The molecule has 0 spiro atoms. The number of aromatic nitrogens is 2. The molecule has 0 bridgehead atoms. The molecule has 0 atom stereocenters. The van der Waals surface area contributed by atoms with Gasteiger partial charge in [0.25, 0.3) is 10.2 Å². The molecule has 13 heteroatoms. The minimum atomic E-state index is -3.71. The first kappa shape index (κ1) is 18.2. The summed E-state index contributed by atoms with van der Waals surface area (Å²) < 4.78 is 44.6. The van der Waals surface area contributed by atoms with E-state index in [1.165, 1.54) is 19.2 Å². The Morgan fingerprint density at radius 1 is 1.46 bits per heavy atom. The third-order valence-electron chi connectivity index (χ3n) is 2.73. The Labute approximate surface area is 140 Å². The average molecular weight is 379 g/mol.